The van der Waals surface area contributed by atoms with Crippen molar-refractivity contribution in [3.8, 4) is 0 Å². The molecule has 2 N–H and O–H groups in total. The molecule has 0 atom stereocenters. The van der Waals surface area contributed by atoms with E-state index in [2.05, 4.69) is 9.71 Å². The second-order valence-corrected chi connectivity index (χ2v) is 4.82. The van der Waals surface area contributed by atoms with Crippen LogP contribution in [0.4, 0.5) is 0 Å². The fourth-order valence-electron chi connectivity index (χ4n) is 1.32. The van der Waals surface area contributed by atoms with Crippen molar-refractivity contribution in [2.24, 2.45) is 0 Å². The zero-order valence-corrected chi connectivity index (χ0v) is 8.43. The van der Waals surface area contributed by atoms with E-state index in [4.69, 9.17) is 0 Å². The Hall–Kier alpha value is -1.33. The summed E-state index contributed by atoms with van der Waals surface area (Å²) in [7, 11) is -1.93. The number of H-pyrrole nitrogens is 1. The average Bonchev–Trinajstić information content (AvgIpc) is 2.64. The van der Waals surface area contributed by atoms with E-state index in [1.807, 2.05) is 6.07 Å². The van der Waals surface area contributed by atoms with Crippen LogP contribution in [0.15, 0.2) is 35.4 Å². The fourth-order valence-corrected chi connectivity index (χ4v) is 2.08. The second-order valence-electron chi connectivity index (χ2n) is 2.93. The molecule has 0 saturated carbocycles. The van der Waals surface area contributed by atoms with Gasteiger partial charge in [0.15, 0.2) is 0 Å². The van der Waals surface area contributed by atoms with Crippen LogP contribution in [0, 0.1) is 0 Å². The van der Waals surface area contributed by atoms with Crippen molar-refractivity contribution in [1.29, 1.82) is 0 Å². The Bertz CT molecular complexity index is 557. The number of sulfonamides is 1. The van der Waals surface area contributed by atoms with E-state index in [0.717, 1.165) is 10.9 Å². The lowest BCUT2D eigenvalue weighted by atomic mass is 10.2. The summed E-state index contributed by atoms with van der Waals surface area (Å²) < 4.78 is 25.2. The molecular weight excluding hydrogens is 200 g/mol. The number of aromatic nitrogens is 1. The summed E-state index contributed by atoms with van der Waals surface area (Å²) in [6, 6.07) is 6.80. The van der Waals surface area contributed by atoms with E-state index in [9.17, 15) is 8.42 Å². The Morgan fingerprint density at radius 1 is 1.29 bits per heavy atom. The molecule has 0 aliphatic heterocycles. The molecule has 2 aromatic rings. The first-order chi connectivity index (χ1) is 6.63. The van der Waals surface area contributed by atoms with Gasteiger partial charge in [-0.05, 0) is 31.3 Å². The zero-order valence-electron chi connectivity index (χ0n) is 7.61. The third-order valence-electron chi connectivity index (χ3n) is 2.10. The summed E-state index contributed by atoms with van der Waals surface area (Å²) in [5.74, 6) is 0. The minimum Gasteiger partial charge on any atom is -0.361 e. The molecule has 0 spiro atoms. The van der Waals surface area contributed by atoms with Crippen LogP contribution in [0.1, 0.15) is 0 Å². The predicted octanol–water partition coefficient (Wildman–Crippen LogP) is 1.08. The maximum absolute atomic E-state index is 11.4. The van der Waals surface area contributed by atoms with Gasteiger partial charge in [0, 0.05) is 17.1 Å². The first-order valence-electron chi connectivity index (χ1n) is 4.14. The first kappa shape index (κ1) is 9.23. The summed E-state index contributed by atoms with van der Waals surface area (Å²) in [6.07, 6.45) is 1.78. The third kappa shape index (κ3) is 1.40. The quantitative estimate of drug-likeness (QED) is 0.779. The van der Waals surface area contributed by atoms with Crippen molar-refractivity contribution in [3.05, 3.63) is 30.5 Å². The molecule has 0 amide bonds. The van der Waals surface area contributed by atoms with Gasteiger partial charge in [0.2, 0.25) is 10.0 Å². The van der Waals surface area contributed by atoms with Gasteiger partial charge >= 0.3 is 0 Å². The minimum atomic E-state index is -3.33. The number of benzene rings is 1. The van der Waals surface area contributed by atoms with Crippen LogP contribution in [0.5, 0.6) is 0 Å². The van der Waals surface area contributed by atoms with Gasteiger partial charge in [-0.3, -0.25) is 0 Å². The highest BCUT2D eigenvalue weighted by Gasteiger charge is 2.11. The molecule has 4 nitrogen and oxygen atoms in total. The molecule has 0 bridgehead atoms. The molecule has 1 heterocycles. The Labute approximate surface area is 82.0 Å². The number of nitrogens with one attached hydrogen (secondary N) is 2. The number of hydrogen-bond donors (Lipinski definition) is 2. The van der Waals surface area contributed by atoms with E-state index in [-0.39, 0.29) is 4.90 Å². The highest BCUT2D eigenvalue weighted by Crippen LogP contribution is 2.17. The van der Waals surface area contributed by atoms with Crippen molar-refractivity contribution in [2.45, 2.75) is 4.90 Å². The Kier molecular flexibility index (Phi) is 2.05. The summed E-state index contributed by atoms with van der Waals surface area (Å²) in [5, 5.41) is 0.890. The van der Waals surface area contributed by atoms with Crippen molar-refractivity contribution in [2.75, 3.05) is 7.05 Å². The maximum atomic E-state index is 11.4. The Balaban J connectivity index is 2.65. The monoisotopic (exact) mass is 210 g/mol. The molecule has 14 heavy (non-hydrogen) atoms. The number of fused-ring (bicyclic) bond motifs is 1. The molecule has 0 aliphatic rings. The van der Waals surface area contributed by atoms with Gasteiger partial charge in [-0.25, -0.2) is 13.1 Å². The molecule has 0 saturated heterocycles. The van der Waals surface area contributed by atoms with E-state index < -0.39 is 10.0 Å². The van der Waals surface area contributed by atoms with Crippen molar-refractivity contribution < 1.29 is 8.42 Å². The second kappa shape index (κ2) is 3.11. The SMILES string of the molecule is CNS(=O)(=O)c1ccc2[nH]ccc2c1. The largest absolute Gasteiger partial charge is 0.361 e. The highest BCUT2D eigenvalue weighted by atomic mass is 32.2. The number of rotatable bonds is 2. The molecule has 1 aromatic carbocycles. The lowest BCUT2D eigenvalue weighted by Gasteiger charge is -2.01. The lowest BCUT2D eigenvalue weighted by Crippen LogP contribution is -2.18. The number of aromatic amines is 1. The van der Waals surface area contributed by atoms with Crippen molar-refractivity contribution in [3.63, 3.8) is 0 Å². The normalized spacial score (nSPS) is 12.1. The molecule has 74 valence electrons. The summed E-state index contributed by atoms with van der Waals surface area (Å²) in [6.45, 7) is 0. The Morgan fingerprint density at radius 2 is 2.07 bits per heavy atom. The van der Waals surface area contributed by atoms with Crippen molar-refractivity contribution >= 4 is 20.9 Å². The zero-order chi connectivity index (χ0) is 10.2. The predicted molar refractivity (Wildman–Crippen MR) is 54.5 cm³/mol. The molecule has 0 radical (unpaired) electrons. The van der Waals surface area contributed by atoms with Gasteiger partial charge < -0.3 is 4.98 Å². The van der Waals surface area contributed by atoms with Crippen LogP contribution in [0.2, 0.25) is 0 Å². The fraction of sp³-hybridized carbons (Fsp3) is 0.111. The third-order valence-corrected chi connectivity index (χ3v) is 3.52. The van der Waals surface area contributed by atoms with Gasteiger partial charge in [-0.2, -0.15) is 0 Å². The molecule has 2 rings (SSSR count). The highest BCUT2D eigenvalue weighted by molar-refractivity contribution is 7.89. The smallest absolute Gasteiger partial charge is 0.240 e. The van der Waals surface area contributed by atoms with E-state index in [0.29, 0.717) is 0 Å². The molecular formula is C9H10N2O2S. The molecule has 0 aliphatic carbocycles. The standard InChI is InChI=1S/C9H10N2O2S/c1-10-14(12,13)8-2-3-9-7(6-8)4-5-11-9/h2-6,10-11H,1H3. The van der Waals surface area contributed by atoms with Crippen LogP contribution in [-0.4, -0.2) is 20.4 Å². The van der Waals surface area contributed by atoms with Gasteiger partial charge in [0.1, 0.15) is 0 Å². The van der Waals surface area contributed by atoms with E-state index in [1.54, 1.807) is 24.4 Å². The molecule has 1 aromatic heterocycles. The van der Waals surface area contributed by atoms with Gasteiger partial charge in [-0.1, -0.05) is 0 Å². The van der Waals surface area contributed by atoms with E-state index >= 15 is 0 Å². The van der Waals surface area contributed by atoms with Gasteiger partial charge in [0.25, 0.3) is 0 Å². The van der Waals surface area contributed by atoms with Crippen LogP contribution in [0.3, 0.4) is 0 Å². The summed E-state index contributed by atoms with van der Waals surface area (Å²) in [5.41, 5.74) is 0.931. The summed E-state index contributed by atoms with van der Waals surface area (Å²) in [4.78, 5) is 3.29. The maximum Gasteiger partial charge on any atom is 0.240 e. The molecule has 5 heteroatoms. The molecule has 0 fully saturated rings. The van der Waals surface area contributed by atoms with Crippen LogP contribution in [-0.2, 0) is 10.0 Å². The average molecular weight is 210 g/mol. The Morgan fingerprint density at radius 3 is 2.79 bits per heavy atom. The van der Waals surface area contributed by atoms with Crippen molar-refractivity contribution in [1.82, 2.24) is 9.71 Å². The minimum absolute atomic E-state index is 0.284. The van der Waals surface area contributed by atoms with E-state index in [1.165, 1.54) is 7.05 Å². The lowest BCUT2D eigenvalue weighted by molar-refractivity contribution is 0.588. The van der Waals surface area contributed by atoms with Crippen LogP contribution in [0.25, 0.3) is 10.9 Å². The van der Waals surface area contributed by atoms with Gasteiger partial charge in [-0.15, -0.1) is 0 Å². The topological polar surface area (TPSA) is 62.0 Å². The molecule has 0 unspecified atom stereocenters. The first-order valence-corrected chi connectivity index (χ1v) is 5.62. The van der Waals surface area contributed by atoms with Crippen LogP contribution >= 0.6 is 0 Å². The van der Waals surface area contributed by atoms with Gasteiger partial charge in [0.05, 0.1) is 4.90 Å². The number of hydrogen-bond acceptors (Lipinski definition) is 2. The summed E-state index contributed by atoms with van der Waals surface area (Å²) >= 11 is 0. The van der Waals surface area contributed by atoms with Crippen LogP contribution < -0.4 is 4.72 Å².